The second kappa shape index (κ2) is 8.71. The molecule has 0 spiro atoms. The molecule has 0 aliphatic carbocycles. The fourth-order valence-electron chi connectivity index (χ4n) is 3.33. The van der Waals surface area contributed by atoms with E-state index in [2.05, 4.69) is 63.6 Å². The minimum atomic E-state index is -4.41. The van der Waals surface area contributed by atoms with Gasteiger partial charge < -0.3 is 10.6 Å². The van der Waals surface area contributed by atoms with Crippen molar-refractivity contribution in [3.05, 3.63) is 51.5 Å². The lowest BCUT2D eigenvalue weighted by Gasteiger charge is -2.42. The Labute approximate surface area is 173 Å². The average molecular weight is 426 g/mol. The number of halogens is 3. The maximum Gasteiger partial charge on any atom is 0.434 e. The Kier molecular flexibility index (Phi) is 6.48. The van der Waals surface area contributed by atoms with E-state index < -0.39 is 11.9 Å². The lowest BCUT2D eigenvalue weighted by molar-refractivity contribution is -0.140. The molecule has 0 fully saturated rings. The third kappa shape index (κ3) is 5.48. The molecule has 0 bridgehead atoms. The van der Waals surface area contributed by atoms with E-state index in [-0.39, 0.29) is 12.1 Å². The third-order valence-electron chi connectivity index (χ3n) is 5.15. The van der Waals surface area contributed by atoms with Crippen LogP contribution < -0.4 is 10.6 Å². The van der Waals surface area contributed by atoms with Crippen LogP contribution in [0.2, 0.25) is 0 Å². The molecule has 2 heterocycles. The van der Waals surface area contributed by atoms with Crippen LogP contribution in [-0.4, -0.2) is 41.5 Å². The summed E-state index contributed by atoms with van der Waals surface area (Å²) in [7, 11) is 1.64. The summed E-state index contributed by atoms with van der Waals surface area (Å²) in [5, 5.41) is 7.73. The number of thiazole rings is 1. The van der Waals surface area contributed by atoms with Gasteiger partial charge in [-0.1, -0.05) is 24.3 Å². The van der Waals surface area contributed by atoms with Crippen molar-refractivity contribution in [3.8, 4) is 0 Å². The molecule has 9 heteroatoms. The number of nitrogens with one attached hydrogen (secondary N) is 2. The van der Waals surface area contributed by atoms with Crippen molar-refractivity contribution in [2.75, 3.05) is 20.1 Å². The summed E-state index contributed by atoms with van der Waals surface area (Å²) in [4.78, 5) is 10.2. The number of guanidine groups is 1. The molecule has 0 amide bonds. The molecule has 1 aliphatic rings. The van der Waals surface area contributed by atoms with Crippen LogP contribution in [0.25, 0.3) is 0 Å². The van der Waals surface area contributed by atoms with Crippen molar-refractivity contribution >= 4 is 17.3 Å². The van der Waals surface area contributed by atoms with Crippen LogP contribution in [0.3, 0.4) is 0 Å². The minimum absolute atomic E-state index is 0.115. The van der Waals surface area contributed by atoms with Crippen molar-refractivity contribution in [3.63, 3.8) is 0 Å². The summed E-state index contributed by atoms with van der Waals surface area (Å²) in [6.45, 7) is 7.08. The first-order valence-corrected chi connectivity index (χ1v) is 10.3. The number of fused-ring (bicyclic) bond motifs is 1. The monoisotopic (exact) mass is 425 g/mol. The Bertz CT molecular complexity index is 860. The molecular weight excluding hydrogens is 399 g/mol. The second-order valence-electron chi connectivity index (χ2n) is 7.66. The molecular formula is C20H26F3N5S. The van der Waals surface area contributed by atoms with Gasteiger partial charge in [0.1, 0.15) is 5.01 Å². The van der Waals surface area contributed by atoms with E-state index in [4.69, 9.17) is 0 Å². The molecule has 29 heavy (non-hydrogen) atoms. The van der Waals surface area contributed by atoms with Crippen LogP contribution in [0.5, 0.6) is 0 Å². The van der Waals surface area contributed by atoms with Gasteiger partial charge in [-0.3, -0.25) is 9.89 Å². The molecule has 158 valence electrons. The van der Waals surface area contributed by atoms with E-state index >= 15 is 0 Å². The fourth-order valence-corrected chi connectivity index (χ4v) is 4.07. The zero-order valence-electron chi connectivity index (χ0n) is 16.8. The minimum Gasteiger partial charge on any atom is -0.355 e. The summed E-state index contributed by atoms with van der Waals surface area (Å²) in [5.41, 5.74) is 1.80. The predicted molar refractivity (Wildman–Crippen MR) is 110 cm³/mol. The van der Waals surface area contributed by atoms with Crippen molar-refractivity contribution < 1.29 is 13.2 Å². The van der Waals surface area contributed by atoms with Gasteiger partial charge in [0.15, 0.2) is 11.7 Å². The van der Waals surface area contributed by atoms with E-state index in [1.165, 1.54) is 11.1 Å². The quantitative estimate of drug-likeness (QED) is 0.567. The molecule has 2 N–H and O–H groups in total. The zero-order valence-corrected chi connectivity index (χ0v) is 17.6. The van der Waals surface area contributed by atoms with Gasteiger partial charge in [-0.15, -0.1) is 11.3 Å². The van der Waals surface area contributed by atoms with Crippen LogP contribution >= 0.6 is 11.3 Å². The van der Waals surface area contributed by atoms with Crippen molar-refractivity contribution in [1.82, 2.24) is 20.5 Å². The van der Waals surface area contributed by atoms with Gasteiger partial charge in [0.2, 0.25) is 0 Å². The molecule has 0 saturated carbocycles. The van der Waals surface area contributed by atoms with E-state index in [0.29, 0.717) is 17.5 Å². The lowest BCUT2D eigenvalue weighted by atomic mass is 9.94. The van der Waals surface area contributed by atoms with E-state index in [1.807, 2.05) is 0 Å². The second-order valence-corrected chi connectivity index (χ2v) is 8.60. The molecule has 0 unspecified atom stereocenters. The molecule has 5 nitrogen and oxygen atoms in total. The van der Waals surface area contributed by atoms with Gasteiger partial charge in [0.05, 0.1) is 6.54 Å². The Balaban J connectivity index is 1.53. The van der Waals surface area contributed by atoms with Gasteiger partial charge in [0.25, 0.3) is 0 Å². The van der Waals surface area contributed by atoms with Crippen molar-refractivity contribution in [2.24, 2.45) is 4.99 Å². The largest absolute Gasteiger partial charge is 0.434 e. The predicted octanol–water partition coefficient (Wildman–Crippen LogP) is 3.66. The highest BCUT2D eigenvalue weighted by Crippen LogP contribution is 2.30. The van der Waals surface area contributed by atoms with E-state index in [1.54, 1.807) is 7.05 Å². The van der Waals surface area contributed by atoms with E-state index in [9.17, 15) is 13.2 Å². The van der Waals surface area contributed by atoms with Crippen molar-refractivity contribution in [2.45, 2.75) is 45.1 Å². The normalized spacial score (nSPS) is 15.9. The number of nitrogens with zero attached hydrogens (tertiary/aromatic N) is 3. The Hall–Kier alpha value is -2.13. The molecule has 1 aromatic carbocycles. The average Bonchev–Trinajstić information content (AvgIpc) is 3.17. The molecule has 0 atom stereocenters. The smallest absolute Gasteiger partial charge is 0.355 e. The highest BCUT2D eigenvalue weighted by molar-refractivity contribution is 7.09. The summed E-state index contributed by atoms with van der Waals surface area (Å²) in [5.74, 6) is 0.541. The van der Waals surface area contributed by atoms with Crippen LogP contribution in [0.1, 0.15) is 35.7 Å². The summed E-state index contributed by atoms with van der Waals surface area (Å²) < 4.78 is 38.0. The Morgan fingerprint density at radius 3 is 2.59 bits per heavy atom. The van der Waals surface area contributed by atoms with Crippen molar-refractivity contribution in [1.29, 1.82) is 0 Å². The zero-order chi connectivity index (χ0) is 21.1. The highest BCUT2D eigenvalue weighted by atomic mass is 32.1. The molecule has 2 aromatic rings. The molecule has 0 radical (unpaired) electrons. The summed E-state index contributed by atoms with van der Waals surface area (Å²) >= 11 is 0.984. The molecule has 1 aromatic heterocycles. The van der Waals surface area contributed by atoms with E-state index in [0.717, 1.165) is 36.2 Å². The standard InChI is InChI=1S/C20H26F3N5S/c1-19(2,28-9-8-14-6-4-5-7-15(14)11-28)13-26-18(24-3)25-10-17-27-16(12-29-17)20(21,22)23/h4-7,12H,8-11,13H2,1-3H3,(H2,24,25,26). The fraction of sp³-hybridized carbons (Fsp3) is 0.500. The number of aromatic nitrogens is 1. The van der Waals surface area contributed by atoms with Gasteiger partial charge in [-0.05, 0) is 31.4 Å². The number of alkyl halides is 3. The Morgan fingerprint density at radius 1 is 1.21 bits per heavy atom. The number of aliphatic imine (C=N–C) groups is 1. The van der Waals surface area contributed by atoms with Crippen LogP contribution in [0.15, 0.2) is 34.6 Å². The van der Waals surface area contributed by atoms with Crippen LogP contribution in [0, 0.1) is 0 Å². The summed E-state index contributed by atoms with van der Waals surface area (Å²) in [6.07, 6.45) is -3.38. The first-order chi connectivity index (χ1) is 13.7. The SMILES string of the molecule is CN=C(NCc1nc(C(F)(F)F)cs1)NCC(C)(C)N1CCc2ccccc2C1. The van der Waals surface area contributed by atoms with Crippen LogP contribution in [0.4, 0.5) is 13.2 Å². The first kappa shape index (κ1) is 21.6. The number of hydrogen-bond donors (Lipinski definition) is 2. The highest BCUT2D eigenvalue weighted by Gasteiger charge is 2.33. The van der Waals surface area contributed by atoms with Gasteiger partial charge in [0, 0.05) is 37.6 Å². The van der Waals surface area contributed by atoms with Gasteiger partial charge in [-0.25, -0.2) is 4.98 Å². The number of rotatable bonds is 5. The number of benzene rings is 1. The third-order valence-corrected chi connectivity index (χ3v) is 6.00. The Morgan fingerprint density at radius 2 is 1.93 bits per heavy atom. The molecule has 1 aliphatic heterocycles. The first-order valence-electron chi connectivity index (χ1n) is 9.47. The van der Waals surface area contributed by atoms with Crippen LogP contribution in [-0.2, 0) is 25.7 Å². The maximum absolute atomic E-state index is 12.7. The molecule has 3 rings (SSSR count). The lowest BCUT2D eigenvalue weighted by Crippen LogP contribution is -2.54. The molecule has 0 saturated heterocycles. The summed E-state index contributed by atoms with van der Waals surface area (Å²) in [6, 6.07) is 8.51. The van der Waals surface area contributed by atoms with Gasteiger partial charge >= 0.3 is 6.18 Å². The van der Waals surface area contributed by atoms with Gasteiger partial charge in [-0.2, -0.15) is 13.2 Å². The number of hydrogen-bond acceptors (Lipinski definition) is 4. The maximum atomic E-state index is 12.7. The topological polar surface area (TPSA) is 52.6 Å².